The fourth-order valence-electron chi connectivity index (χ4n) is 4.40. The molecule has 5 atom stereocenters. The van der Waals surface area contributed by atoms with E-state index in [0.717, 1.165) is 12.8 Å². The van der Waals surface area contributed by atoms with E-state index in [0.29, 0.717) is 18.6 Å². The normalized spacial score (nSPS) is 43.2. The fourth-order valence-corrected chi connectivity index (χ4v) is 4.40. The molecular formula is C14H18O5. The average molecular weight is 266 g/mol. The molecule has 0 radical (unpaired) electrons. The molecule has 0 amide bonds. The Balaban J connectivity index is 1.94. The standard InChI is InChI=1S/C14H18O5/c1-7(15)18-13-9-3-10-5-14(13,19-8(2)16)6-11(4-9)12(10)17/h9-11,13H,3-6H2,1-2H3/t9?,10-,11+,13?,14?. The van der Waals surface area contributed by atoms with Crippen molar-refractivity contribution in [2.24, 2.45) is 17.8 Å². The minimum atomic E-state index is -0.762. The third-order valence-electron chi connectivity index (χ3n) is 4.75. The zero-order valence-electron chi connectivity index (χ0n) is 11.2. The van der Waals surface area contributed by atoms with Gasteiger partial charge < -0.3 is 9.47 Å². The highest BCUT2D eigenvalue weighted by molar-refractivity contribution is 5.86. The molecule has 19 heavy (non-hydrogen) atoms. The van der Waals surface area contributed by atoms with Crippen molar-refractivity contribution in [3.05, 3.63) is 0 Å². The number of ether oxygens (including phenoxy) is 2. The lowest BCUT2D eigenvalue weighted by molar-refractivity contribution is -0.231. The molecule has 0 spiro atoms. The third-order valence-corrected chi connectivity index (χ3v) is 4.75. The molecule has 0 heterocycles. The van der Waals surface area contributed by atoms with Crippen molar-refractivity contribution in [3.8, 4) is 0 Å². The van der Waals surface area contributed by atoms with E-state index in [9.17, 15) is 14.4 Å². The van der Waals surface area contributed by atoms with Gasteiger partial charge in [-0.1, -0.05) is 0 Å². The maximum absolute atomic E-state index is 12.1. The summed E-state index contributed by atoms with van der Waals surface area (Å²) in [6.45, 7) is 2.74. The quantitative estimate of drug-likeness (QED) is 0.703. The Kier molecular flexibility index (Phi) is 2.69. The van der Waals surface area contributed by atoms with Gasteiger partial charge in [0.25, 0.3) is 0 Å². The fraction of sp³-hybridized carbons (Fsp3) is 0.786. The molecule has 4 rings (SSSR count). The van der Waals surface area contributed by atoms with Gasteiger partial charge in [0, 0.05) is 44.4 Å². The zero-order chi connectivity index (χ0) is 13.8. The van der Waals surface area contributed by atoms with E-state index in [-0.39, 0.29) is 35.8 Å². The maximum atomic E-state index is 12.1. The van der Waals surface area contributed by atoms with Gasteiger partial charge in [-0.3, -0.25) is 14.4 Å². The third kappa shape index (κ3) is 1.86. The van der Waals surface area contributed by atoms with E-state index in [2.05, 4.69) is 0 Å². The van der Waals surface area contributed by atoms with E-state index in [4.69, 9.17) is 9.47 Å². The van der Waals surface area contributed by atoms with Crippen LogP contribution >= 0.6 is 0 Å². The van der Waals surface area contributed by atoms with Gasteiger partial charge >= 0.3 is 11.9 Å². The second kappa shape index (κ2) is 4.05. The second-order valence-electron chi connectivity index (χ2n) is 6.12. The van der Waals surface area contributed by atoms with Crippen molar-refractivity contribution in [3.63, 3.8) is 0 Å². The van der Waals surface area contributed by atoms with Crippen LogP contribution in [0, 0.1) is 17.8 Å². The van der Waals surface area contributed by atoms with Crippen LogP contribution in [0.3, 0.4) is 0 Å². The number of carbonyl (C=O) groups excluding carboxylic acids is 3. The van der Waals surface area contributed by atoms with E-state index < -0.39 is 5.60 Å². The lowest BCUT2D eigenvalue weighted by Crippen LogP contribution is -2.65. The number of hydrogen-bond donors (Lipinski definition) is 0. The van der Waals surface area contributed by atoms with E-state index in [1.54, 1.807) is 0 Å². The Morgan fingerprint density at radius 1 is 1.11 bits per heavy atom. The minimum Gasteiger partial charge on any atom is -0.458 e. The predicted octanol–water partition coefficient (Wildman–Crippen LogP) is 1.24. The molecule has 4 aliphatic rings. The summed E-state index contributed by atoms with van der Waals surface area (Å²) >= 11 is 0. The van der Waals surface area contributed by atoms with Gasteiger partial charge in [0.05, 0.1) is 0 Å². The smallest absolute Gasteiger partial charge is 0.303 e. The molecule has 4 saturated carbocycles. The SMILES string of the molecule is CC(=O)OC1C2C[C@@H]3CC1(OC(C)=O)C[C@H](C2)C3=O. The van der Waals surface area contributed by atoms with Gasteiger partial charge in [0.1, 0.15) is 11.9 Å². The number of carbonyl (C=O) groups is 3. The van der Waals surface area contributed by atoms with Gasteiger partial charge in [-0.15, -0.1) is 0 Å². The Bertz CT molecular complexity index is 437. The first kappa shape index (κ1) is 12.6. The first-order chi connectivity index (χ1) is 8.91. The largest absolute Gasteiger partial charge is 0.458 e. The topological polar surface area (TPSA) is 69.7 Å². The van der Waals surface area contributed by atoms with Crippen molar-refractivity contribution in [2.45, 2.75) is 51.2 Å². The number of hydrogen-bond acceptors (Lipinski definition) is 5. The summed E-state index contributed by atoms with van der Waals surface area (Å²) < 4.78 is 11.0. The van der Waals surface area contributed by atoms with E-state index in [1.807, 2.05) is 0 Å². The van der Waals surface area contributed by atoms with Gasteiger partial charge in [0.15, 0.2) is 5.60 Å². The molecule has 0 N–H and O–H groups in total. The molecule has 0 aromatic carbocycles. The summed E-state index contributed by atoms with van der Waals surface area (Å²) in [5, 5.41) is 0. The van der Waals surface area contributed by atoms with Gasteiger partial charge in [-0.25, -0.2) is 0 Å². The molecule has 4 fully saturated rings. The summed E-state index contributed by atoms with van der Waals surface area (Å²) in [6, 6.07) is 0. The van der Waals surface area contributed by atoms with Crippen LogP contribution in [-0.2, 0) is 23.9 Å². The number of Topliss-reactive ketones (excluding diaryl/α,β-unsaturated/α-hetero) is 1. The molecule has 104 valence electrons. The molecule has 3 unspecified atom stereocenters. The summed E-state index contributed by atoms with van der Waals surface area (Å²) in [5.74, 6) is -0.312. The van der Waals surface area contributed by atoms with E-state index >= 15 is 0 Å². The van der Waals surface area contributed by atoms with Crippen LogP contribution in [0.5, 0.6) is 0 Å². The maximum Gasteiger partial charge on any atom is 0.303 e. The van der Waals surface area contributed by atoms with Crippen LogP contribution in [0.15, 0.2) is 0 Å². The van der Waals surface area contributed by atoms with Crippen molar-refractivity contribution in [2.75, 3.05) is 0 Å². The highest BCUT2D eigenvalue weighted by Crippen LogP contribution is 2.56. The molecule has 4 aliphatic carbocycles. The highest BCUT2D eigenvalue weighted by Gasteiger charge is 2.63. The van der Waals surface area contributed by atoms with Gasteiger partial charge in [-0.2, -0.15) is 0 Å². The molecule has 0 aromatic heterocycles. The lowest BCUT2D eigenvalue weighted by atomic mass is 9.52. The molecule has 0 aromatic rings. The molecule has 0 saturated heterocycles. The molecule has 5 heteroatoms. The van der Waals surface area contributed by atoms with Crippen molar-refractivity contribution in [1.29, 1.82) is 0 Å². The van der Waals surface area contributed by atoms with Crippen molar-refractivity contribution < 1.29 is 23.9 Å². The Hall–Kier alpha value is -1.39. The van der Waals surface area contributed by atoms with Gasteiger partial charge in [-0.05, 0) is 12.8 Å². The Morgan fingerprint density at radius 2 is 1.68 bits per heavy atom. The Labute approximate surface area is 111 Å². The molecule has 5 nitrogen and oxygen atoms in total. The van der Waals surface area contributed by atoms with Crippen LogP contribution in [0.1, 0.15) is 39.5 Å². The van der Waals surface area contributed by atoms with Crippen molar-refractivity contribution in [1.82, 2.24) is 0 Å². The minimum absolute atomic E-state index is 0.0244. The summed E-state index contributed by atoms with van der Waals surface area (Å²) in [4.78, 5) is 34.8. The first-order valence-corrected chi connectivity index (χ1v) is 6.82. The van der Waals surface area contributed by atoms with Crippen LogP contribution in [0.25, 0.3) is 0 Å². The molecule has 0 aliphatic heterocycles. The average Bonchev–Trinajstić information content (AvgIpc) is 2.26. The molecular weight excluding hydrogens is 248 g/mol. The summed E-state index contributed by atoms with van der Waals surface area (Å²) in [7, 11) is 0. The van der Waals surface area contributed by atoms with Crippen molar-refractivity contribution >= 4 is 17.7 Å². The van der Waals surface area contributed by atoms with Crippen LogP contribution in [0.2, 0.25) is 0 Å². The zero-order valence-corrected chi connectivity index (χ0v) is 11.2. The lowest BCUT2D eigenvalue weighted by Gasteiger charge is -2.57. The predicted molar refractivity (Wildman–Crippen MR) is 64.0 cm³/mol. The monoisotopic (exact) mass is 266 g/mol. The number of esters is 2. The van der Waals surface area contributed by atoms with Crippen LogP contribution in [0.4, 0.5) is 0 Å². The van der Waals surface area contributed by atoms with E-state index in [1.165, 1.54) is 13.8 Å². The Morgan fingerprint density at radius 3 is 2.16 bits per heavy atom. The number of rotatable bonds is 2. The van der Waals surface area contributed by atoms with Crippen LogP contribution in [-0.4, -0.2) is 29.4 Å². The highest BCUT2D eigenvalue weighted by atomic mass is 16.6. The van der Waals surface area contributed by atoms with Crippen LogP contribution < -0.4 is 0 Å². The summed E-state index contributed by atoms with van der Waals surface area (Å²) in [6.07, 6.45) is 2.16. The number of ketones is 1. The summed E-state index contributed by atoms with van der Waals surface area (Å²) in [5.41, 5.74) is -0.762. The first-order valence-electron chi connectivity index (χ1n) is 6.82. The second-order valence-corrected chi connectivity index (χ2v) is 6.12. The van der Waals surface area contributed by atoms with Gasteiger partial charge in [0.2, 0.25) is 0 Å². The molecule has 4 bridgehead atoms.